The van der Waals surface area contributed by atoms with E-state index in [-0.39, 0.29) is 6.61 Å². The average Bonchev–Trinajstić information content (AvgIpc) is 2.60. The molecule has 4 heteroatoms. The molecule has 0 bridgehead atoms. The minimum absolute atomic E-state index is 0.164. The third kappa shape index (κ3) is 5.62. The maximum Gasteiger partial charge on any atom is 0.173 e. The molecule has 2 aromatic rings. The van der Waals surface area contributed by atoms with Gasteiger partial charge in [-0.3, -0.25) is 0 Å². The highest BCUT2D eigenvalue weighted by Crippen LogP contribution is 2.18. The fraction of sp³-hybridized carbons (Fsp3) is 0.350. The summed E-state index contributed by atoms with van der Waals surface area (Å²) in [5, 5.41) is 13.1. The lowest BCUT2D eigenvalue weighted by molar-refractivity contribution is 0.266. The van der Waals surface area contributed by atoms with Crippen LogP contribution in [0.15, 0.2) is 54.6 Å². The number of rotatable bonds is 7. The molecule has 0 saturated heterocycles. The smallest absolute Gasteiger partial charge is 0.173 e. The first-order valence-corrected chi connectivity index (χ1v) is 8.81. The van der Waals surface area contributed by atoms with Gasteiger partial charge in [-0.1, -0.05) is 56.3 Å². The van der Waals surface area contributed by atoms with E-state index in [0.717, 1.165) is 18.8 Å². The van der Waals surface area contributed by atoms with Gasteiger partial charge in [-0.2, -0.15) is 0 Å². The predicted octanol–water partition coefficient (Wildman–Crippen LogP) is 4.39. The molecule has 0 unspecified atom stereocenters. The molecule has 2 aromatic carbocycles. The fourth-order valence-corrected chi connectivity index (χ4v) is 2.75. The minimum atomic E-state index is 0.164. The number of hydrogen-bond donors (Lipinski definition) is 2. The van der Waals surface area contributed by atoms with Crippen LogP contribution < -0.4 is 5.32 Å². The largest absolute Gasteiger partial charge is 0.396 e. The second-order valence-electron chi connectivity index (χ2n) is 6.19. The summed E-state index contributed by atoms with van der Waals surface area (Å²) in [6.07, 6.45) is 0.695. The van der Waals surface area contributed by atoms with E-state index in [2.05, 4.69) is 60.5 Å². The molecule has 0 amide bonds. The zero-order valence-corrected chi connectivity index (χ0v) is 15.2. The number of nitrogens with zero attached hydrogens (tertiary/aromatic N) is 1. The Hall–Kier alpha value is -1.91. The van der Waals surface area contributed by atoms with Crippen LogP contribution in [0.1, 0.15) is 37.3 Å². The van der Waals surface area contributed by atoms with Crippen molar-refractivity contribution in [2.75, 3.05) is 18.5 Å². The predicted molar refractivity (Wildman–Crippen MR) is 105 cm³/mol. The Labute approximate surface area is 150 Å². The van der Waals surface area contributed by atoms with E-state index in [1.165, 1.54) is 11.1 Å². The monoisotopic (exact) mass is 342 g/mol. The van der Waals surface area contributed by atoms with Crippen molar-refractivity contribution in [3.8, 4) is 0 Å². The number of aliphatic hydroxyl groups is 1. The van der Waals surface area contributed by atoms with Gasteiger partial charge in [0, 0.05) is 25.4 Å². The van der Waals surface area contributed by atoms with Gasteiger partial charge < -0.3 is 15.3 Å². The number of benzene rings is 2. The van der Waals surface area contributed by atoms with E-state index in [1.54, 1.807) is 0 Å². The van der Waals surface area contributed by atoms with Gasteiger partial charge in [0.25, 0.3) is 0 Å². The summed E-state index contributed by atoms with van der Waals surface area (Å²) >= 11 is 5.59. The van der Waals surface area contributed by atoms with Crippen LogP contribution in [0.3, 0.4) is 0 Å². The summed E-state index contributed by atoms with van der Waals surface area (Å²) < 4.78 is 0. The molecule has 2 rings (SSSR count). The lowest BCUT2D eigenvalue weighted by atomic mass is 10.0. The van der Waals surface area contributed by atoms with Gasteiger partial charge in [-0.25, -0.2) is 0 Å². The maximum absolute atomic E-state index is 9.14. The highest BCUT2D eigenvalue weighted by atomic mass is 32.1. The third-order valence-electron chi connectivity index (χ3n) is 3.92. The van der Waals surface area contributed by atoms with Gasteiger partial charge in [0.2, 0.25) is 0 Å². The summed E-state index contributed by atoms with van der Waals surface area (Å²) in [6.45, 7) is 5.99. The first-order valence-electron chi connectivity index (χ1n) is 8.41. The summed E-state index contributed by atoms with van der Waals surface area (Å²) in [7, 11) is 0. The number of aliphatic hydroxyl groups excluding tert-OH is 1. The van der Waals surface area contributed by atoms with Crippen molar-refractivity contribution < 1.29 is 5.11 Å². The van der Waals surface area contributed by atoms with Crippen LogP contribution in [0.5, 0.6) is 0 Å². The zero-order chi connectivity index (χ0) is 17.4. The molecule has 0 atom stereocenters. The lowest BCUT2D eigenvalue weighted by Gasteiger charge is -2.26. The van der Waals surface area contributed by atoms with Crippen LogP contribution in [0.4, 0.5) is 5.69 Å². The van der Waals surface area contributed by atoms with E-state index in [0.29, 0.717) is 17.5 Å². The molecule has 0 fully saturated rings. The Morgan fingerprint density at radius 3 is 2.33 bits per heavy atom. The zero-order valence-electron chi connectivity index (χ0n) is 14.4. The molecule has 0 spiro atoms. The van der Waals surface area contributed by atoms with E-state index in [4.69, 9.17) is 17.3 Å². The van der Waals surface area contributed by atoms with Crippen molar-refractivity contribution in [1.82, 2.24) is 4.90 Å². The number of thiocarbonyl (C=S) groups is 1. The number of anilines is 1. The van der Waals surface area contributed by atoms with Crippen molar-refractivity contribution in [2.24, 2.45) is 0 Å². The topological polar surface area (TPSA) is 35.5 Å². The van der Waals surface area contributed by atoms with E-state index < -0.39 is 0 Å². The second-order valence-corrected chi connectivity index (χ2v) is 6.58. The SMILES string of the molecule is CC(C)c1ccc(NC(=S)N(CCCO)Cc2ccccc2)cc1. The summed E-state index contributed by atoms with van der Waals surface area (Å²) in [5.74, 6) is 0.519. The number of hydrogen-bond acceptors (Lipinski definition) is 2. The molecule has 24 heavy (non-hydrogen) atoms. The third-order valence-corrected chi connectivity index (χ3v) is 4.28. The molecular formula is C20H26N2OS. The molecule has 0 aliphatic heterocycles. The van der Waals surface area contributed by atoms with Crippen molar-refractivity contribution in [3.63, 3.8) is 0 Å². The van der Waals surface area contributed by atoms with Crippen LogP contribution in [0.25, 0.3) is 0 Å². The Kier molecular flexibility index (Phi) is 7.22. The van der Waals surface area contributed by atoms with Crippen molar-refractivity contribution in [1.29, 1.82) is 0 Å². The summed E-state index contributed by atoms with van der Waals surface area (Å²) in [4.78, 5) is 2.09. The number of nitrogens with one attached hydrogen (secondary N) is 1. The lowest BCUT2D eigenvalue weighted by Crippen LogP contribution is -2.35. The highest BCUT2D eigenvalue weighted by molar-refractivity contribution is 7.80. The van der Waals surface area contributed by atoms with Crippen molar-refractivity contribution >= 4 is 23.0 Å². The van der Waals surface area contributed by atoms with Crippen LogP contribution in [-0.2, 0) is 6.54 Å². The van der Waals surface area contributed by atoms with E-state index in [9.17, 15) is 0 Å². The second kappa shape index (κ2) is 9.40. The van der Waals surface area contributed by atoms with Crippen LogP contribution in [0.2, 0.25) is 0 Å². The molecule has 128 valence electrons. The maximum atomic E-state index is 9.14. The summed E-state index contributed by atoms with van der Waals surface area (Å²) in [6, 6.07) is 18.6. The van der Waals surface area contributed by atoms with Crippen LogP contribution >= 0.6 is 12.2 Å². The van der Waals surface area contributed by atoms with Gasteiger partial charge in [0.05, 0.1) is 0 Å². The first-order chi connectivity index (χ1) is 11.6. The first kappa shape index (κ1) is 18.4. The molecule has 0 aromatic heterocycles. The molecule has 0 saturated carbocycles. The van der Waals surface area contributed by atoms with Gasteiger partial charge in [-0.05, 0) is 47.8 Å². The van der Waals surface area contributed by atoms with Gasteiger partial charge in [0.1, 0.15) is 0 Å². The Morgan fingerprint density at radius 1 is 1.08 bits per heavy atom. The van der Waals surface area contributed by atoms with E-state index in [1.807, 2.05) is 18.2 Å². The standard InChI is InChI=1S/C20H26N2OS/c1-16(2)18-9-11-19(12-10-18)21-20(24)22(13-6-14-23)15-17-7-4-3-5-8-17/h3-5,7-12,16,23H,6,13-15H2,1-2H3,(H,21,24). The Bertz CT molecular complexity index is 626. The fourth-order valence-electron chi connectivity index (χ4n) is 2.47. The molecule has 0 heterocycles. The van der Waals surface area contributed by atoms with Crippen LogP contribution in [0, 0.1) is 0 Å². The molecule has 0 radical (unpaired) electrons. The van der Waals surface area contributed by atoms with Gasteiger partial charge in [-0.15, -0.1) is 0 Å². The minimum Gasteiger partial charge on any atom is -0.396 e. The van der Waals surface area contributed by atoms with Crippen LogP contribution in [-0.4, -0.2) is 28.3 Å². The normalized spacial score (nSPS) is 10.7. The molecule has 0 aliphatic carbocycles. The Balaban J connectivity index is 2.03. The average molecular weight is 343 g/mol. The molecular weight excluding hydrogens is 316 g/mol. The Morgan fingerprint density at radius 2 is 1.75 bits per heavy atom. The summed E-state index contributed by atoms with van der Waals surface area (Å²) in [5.41, 5.74) is 3.51. The van der Waals surface area contributed by atoms with Crippen molar-refractivity contribution in [3.05, 3.63) is 65.7 Å². The molecule has 3 nitrogen and oxygen atoms in total. The molecule has 0 aliphatic rings. The molecule has 2 N–H and O–H groups in total. The highest BCUT2D eigenvalue weighted by Gasteiger charge is 2.10. The van der Waals surface area contributed by atoms with Crippen molar-refractivity contribution in [2.45, 2.75) is 32.7 Å². The van der Waals surface area contributed by atoms with Gasteiger partial charge in [0.15, 0.2) is 5.11 Å². The quantitative estimate of drug-likeness (QED) is 0.732. The van der Waals surface area contributed by atoms with Gasteiger partial charge >= 0.3 is 0 Å². The van der Waals surface area contributed by atoms with E-state index >= 15 is 0 Å².